The summed E-state index contributed by atoms with van der Waals surface area (Å²) in [6.07, 6.45) is -4.58. The van der Waals surface area contributed by atoms with Gasteiger partial charge in [0.2, 0.25) is 0 Å². The van der Waals surface area contributed by atoms with Gasteiger partial charge in [-0.2, -0.15) is 8.78 Å². The lowest BCUT2D eigenvalue weighted by Crippen LogP contribution is -2.54. The van der Waals surface area contributed by atoms with Crippen molar-refractivity contribution in [3.05, 3.63) is 0 Å². The summed E-state index contributed by atoms with van der Waals surface area (Å²) in [6.45, 7) is -0.244. The Morgan fingerprint density at radius 1 is 1.53 bits per heavy atom. The average Bonchev–Trinajstić information content (AvgIpc) is 2.27. The second-order valence-electron chi connectivity index (χ2n) is 3.40. The van der Waals surface area contributed by atoms with Crippen molar-refractivity contribution in [1.82, 2.24) is 4.90 Å². The Morgan fingerprint density at radius 3 is 2.59 bits per heavy atom. The molecule has 1 atom stereocenters. The molecule has 0 saturated carbocycles. The number of hydrogen-bond acceptors (Lipinski definition) is 3. The molecule has 1 aliphatic heterocycles. The topological polar surface area (TPSA) is 55.6 Å². The molecule has 2 N–H and O–H groups in total. The smallest absolute Gasteiger partial charge is 0.373 e. The summed E-state index contributed by atoms with van der Waals surface area (Å²) in [5.41, 5.74) is 5.24. The van der Waals surface area contributed by atoms with Crippen LogP contribution in [0, 0.1) is 0 Å². The highest BCUT2D eigenvalue weighted by atomic mass is 35.5. The number of nitrogens with zero attached hydrogens (tertiary/aromatic N) is 1. The number of carbonyl (C=O) groups excluding carboxylic acids is 1. The maximum absolute atomic E-state index is 12.7. The highest BCUT2D eigenvalue weighted by molar-refractivity contribution is 5.85. The van der Waals surface area contributed by atoms with E-state index in [9.17, 15) is 22.4 Å². The first kappa shape index (κ1) is 16.4. The van der Waals surface area contributed by atoms with E-state index in [2.05, 4.69) is 0 Å². The van der Waals surface area contributed by atoms with Gasteiger partial charge in [-0.05, 0) is 0 Å². The standard InChI is InChI=1S/C8H12F4N2O2.ClH/c9-6(10)8(11,12)7(15)14-1-2-16-5(3-13)4-14;/h5-6H,1-4,13H2;1H. The molecule has 9 heteroatoms. The van der Waals surface area contributed by atoms with E-state index >= 15 is 0 Å². The Labute approximate surface area is 101 Å². The van der Waals surface area contributed by atoms with Crippen LogP contribution in [0.1, 0.15) is 0 Å². The number of hydrogen-bond donors (Lipinski definition) is 1. The quantitative estimate of drug-likeness (QED) is 0.766. The van der Waals surface area contributed by atoms with Crippen LogP contribution in [0.5, 0.6) is 0 Å². The van der Waals surface area contributed by atoms with Crippen LogP contribution in [0.4, 0.5) is 17.6 Å². The van der Waals surface area contributed by atoms with Crippen molar-refractivity contribution in [3.8, 4) is 0 Å². The lowest BCUT2D eigenvalue weighted by molar-refractivity contribution is -0.186. The lowest BCUT2D eigenvalue weighted by Gasteiger charge is -2.34. The number of nitrogens with two attached hydrogens (primary N) is 1. The molecular weight excluding hydrogens is 268 g/mol. The minimum absolute atomic E-state index is 0. The van der Waals surface area contributed by atoms with Gasteiger partial charge < -0.3 is 15.4 Å². The van der Waals surface area contributed by atoms with Gasteiger partial charge in [-0.3, -0.25) is 4.79 Å². The third-order valence-electron chi connectivity index (χ3n) is 2.25. The molecule has 0 bridgehead atoms. The van der Waals surface area contributed by atoms with Crippen LogP contribution < -0.4 is 5.73 Å². The zero-order chi connectivity index (χ0) is 12.3. The van der Waals surface area contributed by atoms with E-state index in [1.54, 1.807) is 0 Å². The second kappa shape index (κ2) is 6.36. The molecule has 0 aliphatic carbocycles. The van der Waals surface area contributed by atoms with E-state index in [1.807, 2.05) is 0 Å². The molecule has 0 radical (unpaired) electrons. The molecule has 1 saturated heterocycles. The molecule has 1 unspecified atom stereocenters. The maximum atomic E-state index is 12.7. The molecule has 1 rings (SSSR count). The first-order chi connectivity index (χ1) is 7.39. The summed E-state index contributed by atoms with van der Waals surface area (Å²) in [7, 11) is 0. The van der Waals surface area contributed by atoms with E-state index in [0.717, 1.165) is 0 Å². The Morgan fingerprint density at radius 2 is 2.12 bits per heavy atom. The fraction of sp³-hybridized carbons (Fsp3) is 0.875. The average molecular weight is 281 g/mol. The lowest BCUT2D eigenvalue weighted by atomic mass is 10.2. The number of rotatable bonds is 3. The van der Waals surface area contributed by atoms with E-state index in [-0.39, 0.29) is 38.6 Å². The summed E-state index contributed by atoms with van der Waals surface area (Å²) in [5, 5.41) is 0. The Balaban J connectivity index is 0.00000256. The highest BCUT2D eigenvalue weighted by Crippen LogP contribution is 2.26. The van der Waals surface area contributed by atoms with Gasteiger partial charge in [-0.15, -0.1) is 12.4 Å². The number of carbonyl (C=O) groups is 1. The molecule has 1 aliphatic rings. The summed E-state index contributed by atoms with van der Waals surface area (Å²) >= 11 is 0. The first-order valence-corrected chi connectivity index (χ1v) is 4.66. The fourth-order valence-electron chi connectivity index (χ4n) is 1.35. The second-order valence-corrected chi connectivity index (χ2v) is 3.40. The summed E-state index contributed by atoms with van der Waals surface area (Å²) in [6, 6.07) is 0. The van der Waals surface area contributed by atoms with Gasteiger partial charge in [-0.25, -0.2) is 8.78 Å². The summed E-state index contributed by atoms with van der Waals surface area (Å²) < 4.78 is 54.4. The van der Waals surface area contributed by atoms with E-state index < -0.39 is 24.4 Å². The van der Waals surface area contributed by atoms with Crippen LogP contribution in [-0.4, -0.2) is 55.5 Å². The van der Waals surface area contributed by atoms with Gasteiger partial charge in [-0.1, -0.05) is 0 Å². The van der Waals surface area contributed by atoms with Crippen molar-refractivity contribution in [2.45, 2.75) is 18.5 Å². The zero-order valence-electron chi connectivity index (χ0n) is 8.74. The molecule has 102 valence electrons. The third kappa shape index (κ3) is 3.68. The van der Waals surface area contributed by atoms with Crippen LogP contribution in [-0.2, 0) is 9.53 Å². The molecule has 1 heterocycles. The monoisotopic (exact) mass is 280 g/mol. The molecule has 0 aromatic carbocycles. The summed E-state index contributed by atoms with van der Waals surface area (Å²) in [5.74, 6) is -6.51. The minimum atomic E-state index is -4.64. The van der Waals surface area contributed by atoms with E-state index in [0.29, 0.717) is 4.90 Å². The van der Waals surface area contributed by atoms with Gasteiger partial charge in [0.05, 0.1) is 12.7 Å². The van der Waals surface area contributed by atoms with Crippen molar-refractivity contribution in [1.29, 1.82) is 0 Å². The van der Waals surface area contributed by atoms with Crippen molar-refractivity contribution in [2.24, 2.45) is 5.73 Å². The number of ether oxygens (including phenoxy) is 1. The third-order valence-corrected chi connectivity index (χ3v) is 2.25. The number of morpholine rings is 1. The van der Waals surface area contributed by atoms with Gasteiger partial charge >= 0.3 is 12.3 Å². The van der Waals surface area contributed by atoms with Gasteiger partial charge in [0.1, 0.15) is 0 Å². The summed E-state index contributed by atoms with van der Waals surface area (Å²) in [4.78, 5) is 11.8. The normalized spacial score (nSPS) is 21.3. The van der Waals surface area contributed by atoms with E-state index in [4.69, 9.17) is 10.5 Å². The minimum Gasteiger partial charge on any atom is -0.373 e. The van der Waals surface area contributed by atoms with Crippen molar-refractivity contribution in [2.75, 3.05) is 26.2 Å². The molecule has 1 fully saturated rings. The van der Waals surface area contributed by atoms with Crippen LogP contribution in [0.3, 0.4) is 0 Å². The molecule has 1 amide bonds. The molecular formula is C8H13ClF4N2O2. The van der Waals surface area contributed by atoms with Crippen LogP contribution in [0.25, 0.3) is 0 Å². The number of alkyl halides is 4. The van der Waals surface area contributed by atoms with E-state index in [1.165, 1.54) is 0 Å². The highest BCUT2D eigenvalue weighted by Gasteiger charge is 2.51. The van der Waals surface area contributed by atoms with Crippen LogP contribution >= 0.6 is 12.4 Å². The van der Waals surface area contributed by atoms with Gasteiger partial charge in [0.15, 0.2) is 0 Å². The van der Waals surface area contributed by atoms with Crippen molar-refractivity contribution in [3.63, 3.8) is 0 Å². The van der Waals surface area contributed by atoms with Gasteiger partial charge in [0.25, 0.3) is 5.91 Å². The largest absolute Gasteiger partial charge is 0.383 e. The number of halogens is 5. The van der Waals surface area contributed by atoms with Crippen LogP contribution in [0.15, 0.2) is 0 Å². The van der Waals surface area contributed by atoms with Crippen molar-refractivity contribution >= 4 is 18.3 Å². The predicted octanol–water partition coefficient (Wildman–Crippen LogP) is 0.495. The molecule has 17 heavy (non-hydrogen) atoms. The SMILES string of the molecule is Cl.NCC1CN(C(=O)C(F)(F)C(F)F)CCO1. The van der Waals surface area contributed by atoms with Crippen LogP contribution in [0.2, 0.25) is 0 Å². The zero-order valence-corrected chi connectivity index (χ0v) is 9.56. The molecule has 4 nitrogen and oxygen atoms in total. The van der Waals surface area contributed by atoms with Gasteiger partial charge in [0, 0.05) is 19.6 Å². The Kier molecular flexibility index (Phi) is 6.14. The first-order valence-electron chi connectivity index (χ1n) is 4.66. The Bertz CT molecular complexity index is 268. The predicted molar refractivity (Wildman–Crippen MR) is 53.6 cm³/mol. The molecule has 0 aromatic rings. The maximum Gasteiger partial charge on any atom is 0.383 e. The number of amides is 1. The fourth-order valence-corrected chi connectivity index (χ4v) is 1.35. The molecule has 0 spiro atoms. The molecule has 0 aromatic heterocycles. The van der Waals surface area contributed by atoms with Crippen molar-refractivity contribution < 1.29 is 27.1 Å². The Hall–Kier alpha value is -0.600.